The molecule has 2 aromatic carbocycles. The van der Waals surface area contributed by atoms with Crippen LogP contribution in [0.5, 0.6) is 5.75 Å². The molecule has 0 heterocycles. The van der Waals surface area contributed by atoms with Crippen molar-refractivity contribution in [1.82, 2.24) is 0 Å². The number of halogens is 1. The second kappa shape index (κ2) is 6.62. The van der Waals surface area contributed by atoms with E-state index in [9.17, 15) is 0 Å². The Hall–Kier alpha value is -1.48. The van der Waals surface area contributed by atoms with Gasteiger partial charge in [0.25, 0.3) is 0 Å². The summed E-state index contributed by atoms with van der Waals surface area (Å²) in [5, 5.41) is 3.33. The third-order valence-electron chi connectivity index (χ3n) is 3.07. The van der Waals surface area contributed by atoms with Crippen molar-refractivity contribution in [3.8, 4) is 5.75 Å². The largest absolute Gasteiger partial charge is 0.491 e. The predicted octanol–water partition coefficient (Wildman–Crippen LogP) is 4.56. The van der Waals surface area contributed by atoms with E-state index in [1.54, 1.807) is 0 Å². The standard InChI is InChI=1S/C16H18BrNO/c1-12-5-3-8-16(13(12)2)19-10-9-18-15-7-4-6-14(17)11-15/h3-8,11,18H,9-10H2,1-2H3. The fourth-order valence-electron chi connectivity index (χ4n) is 1.84. The Balaban J connectivity index is 1.82. The molecule has 2 aromatic rings. The number of nitrogens with one attached hydrogen (secondary N) is 1. The summed E-state index contributed by atoms with van der Waals surface area (Å²) < 4.78 is 6.87. The van der Waals surface area contributed by atoms with Crippen molar-refractivity contribution in [3.05, 3.63) is 58.1 Å². The summed E-state index contributed by atoms with van der Waals surface area (Å²) in [6, 6.07) is 14.3. The van der Waals surface area contributed by atoms with Gasteiger partial charge in [0.2, 0.25) is 0 Å². The van der Waals surface area contributed by atoms with Crippen molar-refractivity contribution in [3.63, 3.8) is 0 Å². The van der Waals surface area contributed by atoms with Gasteiger partial charge in [0, 0.05) is 16.7 Å². The highest BCUT2D eigenvalue weighted by atomic mass is 79.9. The molecule has 0 saturated heterocycles. The van der Waals surface area contributed by atoms with Crippen molar-refractivity contribution < 1.29 is 4.74 Å². The summed E-state index contributed by atoms with van der Waals surface area (Å²) >= 11 is 3.45. The van der Waals surface area contributed by atoms with Crippen LogP contribution in [0, 0.1) is 13.8 Å². The summed E-state index contributed by atoms with van der Waals surface area (Å²) in [5.74, 6) is 0.969. The molecular formula is C16H18BrNO. The highest BCUT2D eigenvalue weighted by molar-refractivity contribution is 9.10. The highest BCUT2D eigenvalue weighted by Gasteiger charge is 2.01. The highest BCUT2D eigenvalue weighted by Crippen LogP contribution is 2.20. The first-order valence-electron chi connectivity index (χ1n) is 6.35. The van der Waals surface area contributed by atoms with E-state index in [1.807, 2.05) is 30.3 Å². The van der Waals surface area contributed by atoms with Crippen LogP contribution in [0.3, 0.4) is 0 Å². The van der Waals surface area contributed by atoms with E-state index in [0.29, 0.717) is 6.61 Å². The third-order valence-corrected chi connectivity index (χ3v) is 3.56. The van der Waals surface area contributed by atoms with Crippen LogP contribution in [0.2, 0.25) is 0 Å². The maximum Gasteiger partial charge on any atom is 0.122 e. The average Bonchev–Trinajstić information content (AvgIpc) is 2.39. The van der Waals surface area contributed by atoms with Gasteiger partial charge in [-0.3, -0.25) is 0 Å². The minimum Gasteiger partial charge on any atom is -0.491 e. The van der Waals surface area contributed by atoms with Crippen LogP contribution in [0.1, 0.15) is 11.1 Å². The van der Waals surface area contributed by atoms with Crippen LogP contribution in [-0.2, 0) is 0 Å². The zero-order chi connectivity index (χ0) is 13.7. The molecule has 0 fully saturated rings. The Kier molecular flexibility index (Phi) is 4.86. The Morgan fingerprint density at radius 2 is 1.89 bits per heavy atom. The fraction of sp³-hybridized carbons (Fsp3) is 0.250. The number of hydrogen-bond acceptors (Lipinski definition) is 2. The van der Waals surface area contributed by atoms with Gasteiger partial charge in [-0.1, -0.05) is 34.1 Å². The lowest BCUT2D eigenvalue weighted by molar-refractivity contribution is 0.330. The van der Waals surface area contributed by atoms with Crippen LogP contribution in [0.15, 0.2) is 46.9 Å². The van der Waals surface area contributed by atoms with Crippen molar-refractivity contribution in [2.75, 3.05) is 18.5 Å². The molecule has 0 saturated carbocycles. The Labute approximate surface area is 122 Å². The first-order chi connectivity index (χ1) is 9.16. The lowest BCUT2D eigenvalue weighted by Gasteiger charge is -2.12. The molecule has 2 nitrogen and oxygen atoms in total. The molecule has 0 aliphatic heterocycles. The van der Waals surface area contributed by atoms with E-state index in [1.165, 1.54) is 11.1 Å². The van der Waals surface area contributed by atoms with E-state index in [-0.39, 0.29) is 0 Å². The third kappa shape index (κ3) is 4.00. The molecule has 1 N–H and O–H groups in total. The average molecular weight is 320 g/mol. The molecular weight excluding hydrogens is 302 g/mol. The lowest BCUT2D eigenvalue weighted by atomic mass is 10.1. The molecule has 0 aromatic heterocycles. The Bertz CT molecular complexity index is 554. The van der Waals surface area contributed by atoms with E-state index < -0.39 is 0 Å². The molecule has 0 amide bonds. The number of aryl methyl sites for hydroxylation is 1. The van der Waals surface area contributed by atoms with Gasteiger partial charge in [0.15, 0.2) is 0 Å². The van der Waals surface area contributed by atoms with Crippen molar-refractivity contribution in [1.29, 1.82) is 0 Å². The summed E-state index contributed by atoms with van der Waals surface area (Å²) in [7, 11) is 0. The van der Waals surface area contributed by atoms with Gasteiger partial charge >= 0.3 is 0 Å². The first-order valence-corrected chi connectivity index (χ1v) is 7.14. The smallest absolute Gasteiger partial charge is 0.122 e. The zero-order valence-electron chi connectivity index (χ0n) is 11.2. The monoisotopic (exact) mass is 319 g/mol. The van der Waals surface area contributed by atoms with Crippen LogP contribution >= 0.6 is 15.9 Å². The number of ether oxygens (including phenoxy) is 1. The van der Waals surface area contributed by atoms with Crippen molar-refractivity contribution >= 4 is 21.6 Å². The van der Waals surface area contributed by atoms with Crippen LogP contribution < -0.4 is 10.1 Å². The fourth-order valence-corrected chi connectivity index (χ4v) is 2.23. The van der Waals surface area contributed by atoms with E-state index in [4.69, 9.17) is 4.74 Å². The lowest BCUT2D eigenvalue weighted by Crippen LogP contribution is -2.12. The molecule has 0 bridgehead atoms. The van der Waals surface area contributed by atoms with Crippen LogP contribution in [0.4, 0.5) is 5.69 Å². The normalized spacial score (nSPS) is 10.3. The Morgan fingerprint density at radius 1 is 1.11 bits per heavy atom. The van der Waals surface area contributed by atoms with Crippen molar-refractivity contribution in [2.24, 2.45) is 0 Å². The molecule has 100 valence electrons. The molecule has 3 heteroatoms. The summed E-state index contributed by atoms with van der Waals surface area (Å²) in [4.78, 5) is 0. The molecule has 0 unspecified atom stereocenters. The van der Waals surface area contributed by atoms with E-state index >= 15 is 0 Å². The van der Waals surface area contributed by atoms with Crippen molar-refractivity contribution in [2.45, 2.75) is 13.8 Å². The van der Waals surface area contributed by atoms with Gasteiger partial charge in [-0.05, 0) is 49.2 Å². The topological polar surface area (TPSA) is 21.3 Å². The number of benzene rings is 2. The van der Waals surface area contributed by atoms with E-state index in [2.05, 4.69) is 47.2 Å². The van der Waals surface area contributed by atoms with Gasteiger partial charge in [-0.2, -0.15) is 0 Å². The molecule has 0 radical (unpaired) electrons. The molecule has 0 spiro atoms. The van der Waals surface area contributed by atoms with Gasteiger partial charge in [-0.15, -0.1) is 0 Å². The van der Waals surface area contributed by atoms with Crippen LogP contribution in [0.25, 0.3) is 0 Å². The zero-order valence-corrected chi connectivity index (χ0v) is 12.8. The minimum absolute atomic E-state index is 0.650. The Morgan fingerprint density at radius 3 is 2.68 bits per heavy atom. The number of anilines is 1. The molecule has 0 aliphatic carbocycles. The number of hydrogen-bond donors (Lipinski definition) is 1. The minimum atomic E-state index is 0.650. The van der Waals surface area contributed by atoms with Gasteiger partial charge in [-0.25, -0.2) is 0 Å². The van der Waals surface area contributed by atoms with Gasteiger partial charge < -0.3 is 10.1 Å². The summed E-state index contributed by atoms with van der Waals surface area (Å²) in [6.45, 7) is 5.62. The quantitative estimate of drug-likeness (QED) is 0.816. The predicted molar refractivity (Wildman–Crippen MR) is 84.0 cm³/mol. The van der Waals surface area contributed by atoms with Gasteiger partial charge in [0.1, 0.15) is 12.4 Å². The summed E-state index contributed by atoms with van der Waals surface area (Å²) in [5.41, 5.74) is 3.57. The molecule has 19 heavy (non-hydrogen) atoms. The second-order valence-electron chi connectivity index (χ2n) is 4.48. The molecule has 2 rings (SSSR count). The van der Waals surface area contributed by atoms with Gasteiger partial charge in [0.05, 0.1) is 0 Å². The summed E-state index contributed by atoms with van der Waals surface area (Å²) in [6.07, 6.45) is 0. The maximum atomic E-state index is 5.80. The van der Waals surface area contributed by atoms with E-state index in [0.717, 1.165) is 22.5 Å². The number of rotatable bonds is 5. The molecule has 0 atom stereocenters. The maximum absolute atomic E-state index is 5.80. The molecule has 0 aliphatic rings. The SMILES string of the molecule is Cc1cccc(OCCNc2cccc(Br)c2)c1C. The first kappa shape index (κ1) is 13.9. The second-order valence-corrected chi connectivity index (χ2v) is 5.40. The van der Waals surface area contributed by atoms with Crippen LogP contribution in [-0.4, -0.2) is 13.2 Å².